The summed E-state index contributed by atoms with van der Waals surface area (Å²) in [6.07, 6.45) is -11.0. The Morgan fingerprint density at radius 2 is 1.18 bits per heavy atom. The Morgan fingerprint density at radius 3 is 1.41 bits per heavy atom. The van der Waals surface area contributed by atoms with Gasteiger partial charge in [0.2, 0.25) is 5.83 Å². The van der Waals surface area contributed by atoms with E-state index in [0.29, 0.717) is 0 Å². The van der Waals surface area contributed by atoms with Gasteiger partial charge in [0, 0.05) is 0 Å². The average Bonchev–Trinajstić information content (AvgIpc) is 2.38. The summed E-state index contributed by atoms with van der Waals surface area (Å²) in [7, 11) is 0. The highest BCUT2D eigenvalue weighted by molar-refractivity contribution is 5.09. The highest BCUT2D eigenvalue weighted by Crippen LogP contribution is 2.44. The van der Waals surface area contributed by atoms with Crippen LogP contribution in [-0.2, 0) is 9.47 Å². The van der Waals surface area contributed by atoms with Gasteiger partial charge < -0.3 is 9.47 Å². The number of hydrogen-bond acceptors (Lipinski definition) is 2. The maximum Gasteiger partial charge on any atom is 0.473 e. The topological polar surface area (TPSA) is 18.5 Å². The van der Waals surface area contributed by atoms with Crippen LogP contribution in [0.25, 0.3) is 0 Å². The molecule has 0 heterocycles. The third kappa shape index (κ3) is 6.54. The van der Waals surface area contributed by atoms with Crippen molar-refractivity contribution in [3.8, 4) is 0 Å². The zero-order valence-electron chi connectivity index (χ0n) is 10.2. The van der Waals surface area contributed by atoms with E-state index in [4.69, 9.17) is 0 Å². The summed E-state index contributed by atoms with van der Waals surface area (Å²) in [5.41, 5.74) is 0. The Labute approximate surface area is 116 Å². The third-order valence-electron chi connectivity index (χ3n) is 1.37. The summed E-state index contributed by atoms with van der Waals surface area (Å²) >= 11 is 0. The fraction of sp³-hybridized carbons (Fsp3) is 0.200. The van der Waals surface area contributed by atoms with Crippen LogP contribution in [0, 0.1) is 0 Å². The molecule has 0 aliphatic heterocycles. The first-order chi connectivity index (χ1) is 9.85. The molecule has 0 radical (unpaired) electrons. The largest absolute Gasteiger partial charge is 0.474 e. The molecule has 0 saturated carbocycles. The summed E-state index contributed by atoms with van der Waals surface area (Å²) in [6.45, 7) is 6.51. The molecule has 12 heteroatoms. The molecular formula is C10H6F10O2. The minimum atomic E-state index is -6.31. The minimum absolute atomic E-state index is 1.31. The van der Waals surface area contributed by atoms with Gasteiger partial charge in [-0.2, -0.15) is 43.9 Å². The molecule has 0 atom stereocenters. The van der Waals surface area contributed by atoms with E-state index in [0.717, 1.165) is 0 Å². The first kappa shape index (κ1) is 22.1. The highest BCUT2D eigenvalue weighted by atomic mass is 19.3. The summed E-state index contributed by atoms with van der Waals surface area (Å²) in [5, 5.41) is 0. The second-order valence-electron chi connectivity index (χ2n) is 2.77. The van der Waals surface area contributed by atoms with Gasteiger partial charge in [-0.15, -0.1) is 0 Å². The second-order valence-corrected chi connectivity index (χ2v) is 2.77. The highest BCUT2D eigenvalue weighted by Gasteiger charge is 2.65. The summed E-state index contributed by atoms with van der Waals surface area (Å²) in [4.78, 5) is 0. The Kier molecular flexibility index (Phi) is 9.06. The van der Waals surface area contributed by atoms with Crippen LogP contribution < -0.4 is 0 Å². The lowest BCUT2D eigenvalue weighted by Gasteiger charge is -2.23. The van der Waals surface area contributed by atoms with Crippen molar-refractivity contribution >= 4 is 0 Å². The molecule has 0 spiro atoms. The van der Waals surface area contributed by atoms with Crippen molar-refractivity contribution in [2.45, 2.75) is 12.0 Å². The molecular weight excluding hydrogens is 342 g/mol. The Bertz CT molecular complexity index is 441. The molecule has 0 bridgehead atoms. The van der Waals surface area contributed by atoms with Crippen molar-refractivity contribution in [3.63, 3.8) is 0 Å². The number of ether oxygens (including phenoxy) is 2. The molecule has 128 valence electrons. The van der Waals surface area contributed by atoms with E-state index >= 15 is 0 Å². The van der Waals surface area contributed by atoms with Gasteiger partial charge >= 0.3 is 30.2 Å². The van der Waals surface area contributed by atoms with E-state index in [-0.39, 0.29) is 0 Å². The minimum Gasteiger partial charge on any atom is -0.474 e. The van der Waals surface area contributed by atoms with Crippen molar-refractivity contribution < 1.29 is 53.4 Å². The molecule has 0 unspecified atom stereocenters. The fourth-order valence-electron chi connectivity index (χ4n) is 0.530. The van der Waals surface area contributed by atoms with Crippen LogP contribution in [-0.4, -0.2) is 12.0 Å². The molecule has 0 aromatic heterocycles. The van der Waals surface area contributed by atoms with Crippen molar-refractivity contribution in [1.29, 1.82) is 0 Å². The third-order valence-corrected chi connectivity index (χ3v) is 1.37. The van der Waals surface area contributed by atoms with Gasteiger partial charge in [0.25, 0.3) is 0 Å². The van der Waals surface area contributed by atoms with Crippen molar-refractivity contribution in [1.82, 2.24) is 0 Å². The van der Waals surface area contributed by atoms with Gasteiger partial charge in [0.15, 0.2) is 0 Å². The molecule has 0 N–H and O–H groups in total. The molecule has 0 aliphatic rings. The standard InChI is InChI=1S/C6F10O.C4H6O/c7-1(2(8)9)5(13,14)6(15,16)17-4(12)3(10)11;1-3-5-4-2/h;3-4H,1-2H2. The van der Waals surface area contributed by atoms with Crippen LogP contribution in [0.1, 0.15) is 0 Å². The first-order valence-electron chi connectivity index (χ1n) is 4.59. The van der Waals surface area contributed by atoms with E-state index in [1.54, 1.807) is 0 Å². The molecule has 2 nitrogen and oxygen atoms in total. The first-order valence-corrected chi connectivity index (χ1v) is 4.59. The van der Waals surface area contributed by atoms with Gasteiger partial charge in [-0.05, 0) is 0 Å². The molecule has 0 aromatic carbocycles. The fourth-order valence-corrected chi connectivity index (χ4v) is 0.530. The van der Waals surface area contributed by atoms with Crippen LogP contribution in [0.3, 0.4) is 0 Å². The number of halogens is 10. The zero-order chi connectivity index (χ0) is 18.1. The van der Waals surface area contributed by atoms with E-state index in [9.17, 15) is 43.9 Å². The lowest BCUT2D eigenvalue weighted by molar-refractivity contribution is -0.331. The van der Waals surface area contributed by atoms with Gasteiger partial charge in [0.1, 0.15) is 0 Å². The molecule has 0 rings (SSSR count). The summed E-state index contributed by atoms with van der Waals surface area (Å²) < 4.78 is 124. The predicted molar refractivity (Wildman–Crippen MR) is 53.2 cm³/mol. The zero-order valence-corrected chi connectivity index (χ0v) is 10.2. The summed E-state index contributed by atoms with van der Waals surface area (Å²) in [5.74, 6) is -10.2. The predicted octanol–water partition coefficient (Wildman–Crippen LogP) is 5.63. The molecule has 0 aromatic rings. The number of rotatable bonds is 6. The van der Waals surface area contributed by atoms with E-state index in [2.05, 4.69) is 22.6 Å². The number of hydrogen-bond donors (Lipinski definition) is 0. The molecule has 0 saturated heterocycles. The van der Waals surface area contributed by atoms with Crippen LogP contribution in [0.2, 0.25) is 0 Å². The molecule has 0 fully saturated rings. The molecule has 0 aliphatic carbocycles. The average molecular weight is 348 g/mol. The van der Waals surface area contributed by atoms with E-state index in [1.165, 1.54) is 12.5 Å². The van der Waals surface area contributed by atoms with Crippen molar-refractivity contribution in [2.75, 3.05) is 0 Å². The van der Waals surface area contributed by atoms with E-state index < -0.39 is 36.0 Å². The molecule has 22 heavy (non-hydrogen) atoms. The van der Waals surface area contributed by atoms with Crippen LogP contribution in [0.15, 0.2) is 49.7 Å². The quantitative estimate of drug-likeness (QED) is 0.457. The Hall–Kier alpha value is -2.14. The lowest BCUT2D eigenvalue weighted by atomic mass is 10.3. The van der Waals surface area contributed by atoms with Crippen molar-refractivity contribution in [2.24, 2.45) is 0 Å². The summed E-state index contributed by atoms with van der Waals surface area (Å²) in [6, 6.07) is -3.44. The Morgan fingerprint density at radius 1 is 0.773 bits per heavy atom. The molecule has 0 amide bonds. The van der Waals surface area contributed by atoms with Gasteiger partial charge in [-0.25, -0.2) is 0 Å². The van der Waals surface area contributed by atoms with Gasteiger partial charge in [0.05, 0.1) is 12.5 Å². The normalized spacial score (nSPS) is 10.6. The van der Waals surface area contributed by atoms with Gasteiger partial charge in [-0.3, -0.25) is 0 Å². The monoisotopic (exact) mass is 348 g/mol. The SMILES string of the molecule is C=COC=C.FC(F)=C(F)OC(F)(F)C(F)(F)C(F)=C(F)F. The van der Waals surface area contributed by atoms with Crippen LogP contribution in [0.5, 0.6) is 0 Å². The van der Waals surface area contributed by atoms with Crippen LogP contribution in [0.4, 0.5) is 43.9 Å². The number of alkyl halides is 4. The lowest BCUT2D eigenvalue weighted by Crippen LogP contribution is -2.43. The van der Waals surface area contributed by atoms with E-state index in [1.807, 2.05) is 0 Å². The van der Waals surface area contributed by atoms with Gasteiger partial charge in [-0.1, -0.05) is 13.2 Å². The van der Waals surface area contributed by atoms with Crippen molar-refractivity contribution in [3.05, 3.63) is 49.7 Å². The maximum absolute atomic E-state index is 12.2. The Balaban J connectivity index is 0. The maximum atomic E-state index is 12.2. The smallest absolute Gasteiger partial charge is 0.473 e. The van der Waals surface area contributed by atoms with Crippen LogP contribution >= 0.6 is 0 Å². The second kappa shape index (κ2) is 9.00.